The third-order valence-electron chi connectivity index (χ3n) is 3.81. The van der Waals surface area contributed by atoms with E-state index in [1.165, 1.54) is 7.11 Å². The Morgan fingerprint density at radius 1 is 1.08 bits per heavy atom. The van der Waals surface area contributed by atoms with Crippen molar-refractivity contribution in [3.63, 3.8) is 0 Å². The van der Waals surface area contributed by atoms with Crippen LogP contribution in [0, 0.1) is 0 Å². The van der Waals surface area contributed by atoms with Crippen LogP contribution in [0.2, 0.25) is 0 Å². The first-order chi connectivity index (χ1) is 12.2. The summed E-state index contributed by atoms with van der Waals surface area (Å²) in [6, 6.07) is 12.3. The van der Waals surface area contributed by atoms with Gasteiger partial charge in [-0.3, -0.25) is 4.79 Å². The lowest BCUT2D eigenvalue weighted by Crippen LogP contribution is -2.16. The normalized spacial score (nSPS) is 12.4. The number of carbonyl (C=O) groups excluding carboxylic acids is 2. The monoisotopic (exact) mass is 341 g/mol. The van der Waals surface area contributed by atoms with E-state index in [1.807, 2.05) is 18.2 Å². The van der Waals surface area contributed by atoms with Crippen LogP contribution in [0.5, 0.6) is 11.5 Å². The molecule has 1 amide bonds. The number of carbonyl (C=O) groups is 2. The molecule has 0 fully saturated rings. The van der Waals surface area contributed by atoms with Crippen LogP contribution in [0.15, 0.2) is 42.5 Å². The largest absolute Gasteiger partial charge is 0.486 e. The first kappa shape index (κ1) is 16.8. The van der Waals surface area contributed by atoms with Crippen LogP contribution in [0.3, 0.4) is 0 Å². The highest BCUT2D eigenvalue weighted by Crippen LogP contribution is 2.31. The average molecular weight is 341 g/mol. The molecule has 130 valence electrons. The predicted octanol–water partition coefficient (Wildman–Crippen LogP) is 2.82. The van der Waals surface area contributed by atoms with Crippen LogP contribution in [0.1, 0.15) is 22.3 Å². The fourth-order valence-electron chi connectivity index (χ4n) is 2.57. The maximum Gasteiger partial charge on any atom is 0.337 e. The lowest BCUT2D eigenvalue weighted by Gasteiger charge is -2.18. The molecule has 0 atom stereocenters. The maximum atomic E-state index is 12.1. The van der Waals surface area contributed by atoms with E-state index in [0.29, 0.717) is 37.3 Å². The van der Waals surface area contributed by atoms with E-state index < -0.39 is 5.97 Å². The van der Waals surface area contributed by atoms with Crippen molar-refractivity contribution in [2.75, 3.05) is 25.6 Å². The number of hydrogen-bond acceptors (Lipinski definition) is 5. The highest BCUT2D eigenvalue weighted by molar-refractivity contribution is 5.94. The topological polar surface area (TPSA) is 73.9 Å². The number of rotatable bonds is 5. The Kier molecular flexibility index (Phi) is 5.18. The van der Waals surface area contributed by atoms with Gasteiger partial charge < -0.3 is 19.5 Å². The van der Waals surface area contributed by atoms with Gasteiger partial charge in [-0.1, -0.05) is 12.1 Å². The molecule has 1 aliphatic rings. The molecular weight excluding hydrogens is 322 g/mol. The molecule has 1 N–H and O–H groups in total. The Morgan fingerprint density at radius 2 is 1.88 bits per heavy atom. The summed E-state index contributed by atoms with van der Waals surface area (Å²) in [6.07, 6.45) is 0.904. The van der Waals surface area contributed by atoms with Crippen molar-refractivity contribution < 1.29 is 23.8 Å². The van der Waals surface area contributed by atoms with Gasteiger partial charge in [0, 0.05) is 12.1 Å². The van der Waals surface area contributed by atoms with Gasteiger partial charge in [-0.25, -0.2) is 4.79 Å². The van der Waals surface area contributed by atoms with Crippen molar-refractivity contribution in [2.45, 2.75) is 12.8 Å². The van der Waals surface area contributed by atoms with Crippen LogP contribution in [0.4, 0.5) is 5.69 Å². The number of ether oxygens (including phenoxy) is 3. The molecule has 0 unspecified atom stereocenters. The van der Waals surface area contributed by atoms with E-state index in [9.17, 15) is 9.59 Å². The molecule has 0 radical (unpaired) electrons. The molecule has 0 bridgehead atoms. The summed E-state index contributed by atoms with van der Waals surface area (Å²) < 4.78 is 15.7. The van der Waals surface area contributed by atoms with Crippen molar-refractivity contribution in [3.8, 4) is 11.5 Å². The summed E-state index contributed by atoms with van der Waals surface area (Å²) in [6.45, 7) is 1.09. The zero-order chi connectivity index (χ0) is 17.6. The average Bonchev–Trinajstić information content (AvgIpc) is 2.65. The van der Waals surface area contributed by atoms with Crippen molar-refractivity contribution in [3.05, 3.63) is 53.6 Å². The van der Waals surface area contributed by atoms with Gasteiger partial charge in [0.15, 0.2) is 11.5 Å². The second-order valence-corrected chi connectivity index (χ2v) is 5.60. The number of anilines is 1. The Bertz CT molecular complexity index is 787. The summed E-state index contributed by atoms with van der Waals surface area (Å²) in [5.41, 5.74) is 1.96. The van der Waals surface area contributed by atoms with Gasteiger partial charge in [0.1, 0.15) is 13.2 Å². The number of amides is 1. The third-order valence-corrected chi connectivity index (χ3v) is 3.81. The molecular formula is C19H19NO5. The highest BCUT2D eigenvalue weighted by atomic mass is 16.6. The molecule has 0 spiro atoms. The second-order valence-electron chi connectivity index (χ2n) is 5.60. The Balaban J connectivity index is 1.57. The Morgan fingerprint density at radius 3 is 2.68 bits per heavy atom. The van der Waals surface area contributed by atoms with Crippen molar-refractivity contribution in [1.82, 2.24) is 0 Å². The van der Waals surface area contributed by atoms with Gasteiger partial charge in [0.2, 0.25) is 5.91 Å². The Labute approximate surface area is 145 Å². The van der Waals surface area contributed by atoms with E-state index in [2.05, 4.69) is 10.1 Å². The molecule has 0 aliphatic carbocycles. The van der Waals surface area contributed by atoms with Crippen LogP contribution in [-0.2, 0) is 16.0 Å². The van der Waals surface area contributed by atoms with Crippen LogP contribution in [-0.4, -0.2) is 32.2 Å². The maximum absolute atomic E-state index is 12.1. The number of aryl methyl sites for hydroxylation is 1. The van der Waals surface area contributed by atoms with E-state index in [-0.39, 0.29) is 5.91 Å². The quantitative estimate of drug-likeness (QED) is 0.847. The molecule has 25 heavy (non-hydrogen) atoms. The summed E-state index contributed by atoms with van der Waals surface area (Å²) in [4.78, 5) is 23.7. The molecule has 1 aliphatic heterocycles. The fourth-order valence-corrected chi connectivity index (χ4v) is 2.57. The van der Waals surface area contributed by atoms with Gasteiger partial charge in [0.25, 0.3) is 0 Å². The molecule has 6 nitrogen and oxygen atoms in total. The molecule has 3 rings (SSSR count). The standard InChI is InChI=1S/C19H19NO5/c1-23-19(22)14-3-2-4-15(12-14)20-18(21)8-6-13-5-7-16-17(11-13)25-10-9-24-16/h2-5,7,11-12H,6,8-10H2,1H3,(H,20,21). The van der Waals surface area contributed by atoms with Gasteiger partial charge in [-0.15, -0.1) is 0 Å². The van der Waals surface area contributed by atoms with Gasteiger partial charge in [-0.05, 0) is 42.3 Å². The van der Waals surface area contributed by atoms with Crippen LogP contribution >= 0.6 is 0 Å². The third kappa shape index (κ3) is 4.29. The Hall–Kier alpha value is -3.02. The zero-order valence-electron chi connectivity index (χ0n) is 13.9. The summed E-state index contributed by atoms with van der Waals surface area (Å²) in [7, 11) is 1.32. The lowest BCUT2D eigenvalue weighted by molar-refractivity contribution is -0.116. The van der Waals surface area contributed by atoms with Crippen molar-refractivity contribution in [1.29, 1.82) is 0 Å². The molecule has 2 aromatic carbocycles. The smallest absolute Gasteiger partial charge is 0.337 e. The summed E-state index contributed by atoms with van der Waals surface area (Å²) in [5.74, 6) is 0.887. The molecule has 0 saturated carbocycles. The fraction of sp³-hybridized carbons (Fsp3) is 0.263. The van der Waals surface area contributed by atoms with Crippen LogP contribution in [0.25, 0.3) is 0 Å². The van der Waals surface area contributed by atoms with E-state index in [4.69, 9.17) is 9.47 Å². The molecule has 1 heterocycles. The summed E-state index contributed by atoms with van der Waals surface area (Å²) in [5, 5.41) is 2.79. The SMILES string of the molecule is COC(=O)c1cccc(NC(=O)CCc2ccc3c(c2)OCCO3)c1. The minimum atomic E-state index is -0.438. The zero-order valence-corrected chi connectivity index (χ0v) is 13.9. The number of methoxy groups -OCH3 is 1. The molecule has 6 heteroatoms. The van der Waals surface area contributed by atoms with Gasteiger partial charge >= 0.3 is 5.97 Å². The molecule has 2 aromatic rings. The lowest BCUT2D eigenvalue weighted by atomic mass is 10.1. The number of hydrogen-bond donors (Lipinski definition) is 1. The van der Waals surface area contributed by atoms with E-state index >= 15 is 0 Å². The molecule has 0 aromatic heterocycles. The first-order valence-electron chi connectivity index (χ1n) is 8.02. The van der Waals surface area contributed by atoms with E-state index in [0.717, 1.165) is 17.1 Å². The highest BCUT2D eigenvalue weighted by Gasteiger charge is 2.13. The number of nitrogens with one attached hydrogen (secondary N) is 1. The van der Waals surface area contributed by atoms with Crippen LogP contribution < -0.4 is 14.8 Å². The minimum absolute atomic E-state index is 0.128. The molecule has 0 saturated heterocycles. The van der Waals surface area contributed by atoms with Gasteiger partial charge in [-0.2, -0.15) is 0 Å². The predicted molar refractivity (Wildman–Crippen MR) is 92.2 cm³/mol. The summed E-state index contributed by atoms with van der Waals surface area (Å²) >= 11 is 0. The minimum Gasteiger partial charge on any atom is -0.486 e. The van der Waals surface area contributed by atoms with Crippen molar-refractivity contribution >= 4 is 17.6 Å². The van der Waals surface area contributed by atoms with Crippen molar-refractivity contribution in [2.24, 2.45) is 0 Å². The van der Waals surface area contributed by atoms with Gasteiger partial charge in [0.05, 0.1) is 12.7 Å². The van der Waals surface area contributed by atoms with E-state index in [1.54, 1.807) is 24.3 Å². The number of fused-ring (bicyclic) bond motifs is 1. The second kappa shape index (κ2) is 7.70. The number of benzene rings is 2. The number of esters is 1. The first-order valence-corrected chi connectivity index (χ1v) is 8.02.